The molecular weight excluding hydrogens is 300 g/mol. The van der Waals surface area contributed by atoms with Crippen LogP contribution in [0.25, 0.3) is 0 Å². The van der Waals surface area contributed by atoms with Crippen molar-refractivity contribution in [2.45, 2.75) is 39.3 Å². The normalized spacial score (nSPS) is 11.5. The highest BCUT2D eigenvalue weighted by Gasteiger charge is 2.21. The van der Waals surface area contributed by atoms with Crippen LogP contribution in [-0.2, 0) is 23.2 Å². The van der Waals surface area contributed by atoms with Crippen LogP contribution in [0.2, 0.25) is 0 Å². The highest BCUT2D eigenvalue weighted by molar-refractivity contribution is 5.88. The predicted octanol–water partition coefficient (Wildman–Crippen LogP) is 1.53. The zero-order valence-electron chi connectivity index (χ0n) is 13.8. The summed E-state index contributed by atoms with van der Waals surface area (Å²) in [5.74, 6) is 0.968. The van der Waals surface area contributed by atoms with E-state index in [1.165, 1.54) is 0 Å². The molecule has 2 aromatic heterocycles. The van der Waals surface area contributed by atoms with Crippen LogP contribution in [0.1, 0.15) is 32.5 Å². The van der Waals surface area contributed by atoms with Crippen LogP contribution in [0.4, 0.5) is 10.5 Å². The number of carbonyl (C=O) groups is 1. The monoisotopic (exact) mass is 322 g/mol. The number of amides is 2. The highest BCUT2D eigenvalue weighted by atomic mass is 16.5. The number of hydrogen-bond donors (Lipinski definition) is 2. The fourth-order valence-electron chi connectivity index (χ4n) is 1.70. The number of nitrogens with one attached hydrogen (secondary N) is 2. The van der Waals surface area contributed by atoms with E-state index in [1.807, 2.05) is 20.8 Å². The Labute approximate surface area is 134 Å². The van der Waals surface area contributed by atoms with Crippen molar-refractivity contribution in [1.82, 2.24) is 25.2 Å². The molecule has 0 atom stereocenters. The number of rotatable bonds is 6. The molecule has 0 aromatic carbocycles. The molecule has 0 bridgehead atoms. The van der Waals surface area contributed by atoms with Crippen LogP contribution in [0, 0.1) is 0 Å². The minimum Gasteiger partial charge on any atom is -0.383 e. The van der Waals surface area contributed by atoms with E-state index < -0.39 is 0 Å². The summed E-state index contributed by atoms with van der Waals surface area (Å²) in [5.41, 5.74) is 0.381. The van der Waals surface area contributed by atoms with Crippen LogP contribution in [0.15, 0.2) is 16.9 Å². The largest absolute Gasteiger partial charge is 0.383 e. The first kappa shape index (κ1) is 16.9. The third kappa shape index (κ3) is 5.06. The Hall–Kier alpha value is -2.42. The Balaban J connectivity index is 1.81. The van der Waals surface area contributed by atoms with Crippen LogP contribution in [-0.4, -0.2) is 39.7 Å². The Kier molecular flexibility index (Phi) is 5.32. The number of urea groups is 1. The fraction of sp³-hybridized carbons (Fsp3) is 0.571. The van der Waals surface area contributed by atoms with E-state index in [0.29, 0.717) is 30.6 Å². The SMILES string of the molecule is COCCn1cc(NC(=O)NCc2noc(C(C)(C)C)n2)cn1. The first-order valence-corrected chi connectivity index (χ1v) is 7.28. The predicted molar refractivity (Wildman–Crippen MR) is 83.0 cm³/mol. The summed E-state index contributed by atoms with van der Waals surface area (Å²) in [6.07, 6.45) is 3.30. The zero-order valence-corrected chi connectivity index (χ0v) is 13.8. The fourth-order valence-corrected chi connectivity index (χ4v) is 1.70. The van der Waals surface area contributed by atoms with Crippen molar-refractivity contribution in [2.75, 3.05) is 19.0 Å². The maximum Gasteiger partial charge on any atom is 0.319 e. The lowest BCUT2D eigenvalue weighted by Crippen LogP contribution is -2.28. The summed E-state index contributed by atoms with van der Waals surface area (Å²) < 4.78 is 11.8. The quantitative estimate of drug-likeness (QED) is 0.835. The van der Waals surface area contributed by atoms with Crippen LogP contribution >= 0.6 is 0 Å². The van der Waals surface area contributed by atoms with Gasteiger partial charge in [0.2, 0.25) is 5.89 Å². The van der Waals surface area contributed by atoms with Gasteiger partial charge < -0.3 is 19.9 Å². The number of hydrogen-bond acceptors (Lipinski definition) is 6. The minimum absolute atomic E-state index is 0.184. The molecule has 2 amide bonds. The van der Waals surface area contributed by atoms with Gasteiger partial charge >= 0.3 is 6.03 Å². The first-order valence-electron chi connectivity index (χ1n) is 7.28. The number of anilines is 1. The lowest BCUT2D eigenvalue weighted by atomic mass is 9.97. The molecule has 2 heterocycles. The van der Waals surface area contributed by atoms with Crippen molar-refractivity contribution < 1.29 is 14.1 Å². The summed E-state index contributed by atoms with van der Waals surface area (Å²) in [5, 5.41) is 13.3. The van der Waals surface area contributed by atoms with Gasteiger partial charge in [0.05, 0.1) is 31.6 Å². The second kappa shape index (κ2) is 7.23. The van der Waals surface area contributed by atoms with E-state index in [1.54, 1.807) is 24.2 Å². The highest BCUT2D eigenvalue weighted by Crippen LogP contribution is 2.19. The third-order valence-corrected chi connectivity index (χ3v) is 2.93. The molecule has 0 aliphatic heterocycles. The van der Waals surface area contributed by atoms with E-state index in [-0.39, 0.29) is 18.0 Å². The van der Waals surface area contributed by atoms with Gasteiger partial charge in [-0.1, -0.05) is 25.9 Å². The lowest BCUT2D eigenvalue weighted by Gasteiger charge is -2.10. The van der Waals surface area contributed by atoms with Gasteiger partial charge in [-0.3, -0.25) is 4.68 Å². The smallest absolute Gasteiger partial charge is 0.319 e. The summed E-state index contributed by atoms with van der Waals surface area (Å²) in [4.78, 5) is 16.1. The standard InChI is InChI=1S/C14H22N6O3/c1-14(2,3)12-18-11(19-23-12)8-15-13(21)17-10-7-16-20(9-10)5-6-22-4/h7,9H,5-6,8H2,1-4H3,(H2,15,17,21). The van der Waals surface area contributed by atoms with E-state index in [2.05, 4.69) is 25.9 Å². The molecule has 0 radical (unpaired) electrons. The Morgan fingerprint density at radius 1 is 1.43 bits per heavy atom. The van der Waals surface area contributed by atoms with Gasteiger partial charge in [-0.15, -0.1) is 0 Å². The number of ether oxygens (including phenoxy) is 1. The Morgan fingerprint density at radius 2 is 2.22 bits per heavy atom. The van der Waals surface area contributed by atoms with Gasteiger partial charge in [-0.05, 0) is 0 Å². The third-order valence-electron chi connectivity index (χ3n) is 2.93. The van der Waals surface area contributed by atoms with Crippen LogP contribution < -0.4 is 10.6 Å². The zero-order chi connectivity index (χ0) is 16.9. The van der Waals surface area contributed by atoms with Crippen molar-refractivity contribution in [1.29, 1.82) is 0 Å². The van der Waals surface area contributed by atoms with Gasteiger partial charge in [0, 0.05) is 18.7 Å². The van der Waals surface area contributed by atoms with Gasteiger partial charge in [0.25, 0.3) is 0 Å². The van der Waals surface area contributed by atoms with Gasteiger partial charge in [-0.2, -0.15) is 10.1 Å². The number of carbonyl (C=O) groups excluding carboxylic acids is 1. The van der Waals surface area contributed by atoms with E-state index >= 15 is 0 Å². The average Bonchev–Trinajstić information content (AvgIpc) is 3.11. The van der Waals surface area contributed by atoms with Crippen LogP contribution in [0.5, 0.6) is 0 Å². The summed E-state index contributed by atoms with van der Waals surface area (Å²) >= 11 is 0. The molecule has 126 valence electrons. The van der Waals surface area contributed by atoms with Crippen molar-refractivity contribution >= 4 is 11.7 Å². The molecule has 2 aromatic rings. The molecule has 0 unspecified atom stereocenters. The van der Waals surface area contributed by atoms with Gasteiger partial charge in [0.15, 0.2) is 5.82 Å². The Bertz CT molecular complexity index is 643. The number of methoxy groups -OCH3 is 1. The second-order valence-corrected chi connectivity index (χ2v) is 6.06. The molecule has 0 saturated carbocycles. The molecule has 9 nitrogen and oxygen atoms in total. The van der Waals surface area contributed by atoms with Gasteiger partial charge in [0.1, 0.15) is 0 Å². The summed E-state index contributed by atoms with van der Waals surface area (Å²) in [6, 6.07) is -0.363. The minimum atomic E-state index is -0.363. The van der Waals surface area contributed by atoms with E-state index in [9.17, 15) is 4.79 Å². The maximum absolute atomic E-state index is 11.8. The number of nitrogens with zero attached hydrogens (tertiary/aromatic N) is 4. The van der Waals surface area contributed by atoms with Crippen LogP contribution in [0.3, 0.4) is 0 Å². The molecule has 0 saturated heterocycles. The van der Waals surface area contributed by atoms with Crippen molar-refractivity contribution in [3.05, 3.63) is 24.1 Å². The van der Waals surface area contributed by atoms with Gasteiger partial charge in [-0.25, -0.2) is 4.79 Å². The Morgan fingerprint density at radius 3 is 2.87 bits per heavy atom. The topological polar surface area (TPSA) is 107 Å². The van der Waals surface area contributed by atoms with E-state index in [0.717, 1.165) is 0 Å². The molecule has 0 aliphatic carbocycles. The van der Waals surface area contributed by atoms with Crippen molar-refractivity contribution in [2.24, 2.45) is 0 Å². The molecule has 0 fully saturated rings. The summed E-state index contributed by atoms with van der Waals surface area (Å²) in [6.45, 7) is 7.30. The second-order valence-electron chi connectivity index (χ2n) is 6.06. The summed E-state index contributed by atoms with van der Waals surface area (Å²) in [7, 11) is 1.62. The molecule has 9 heteroatoms. The molecule has 2 rings (SSSR count). The van der Waals surface area contributed by atoms with Crippen molar-refractivity contribution in [3.8, 4) is 0 Å². The molecule has 0 aliphatic rings. The van der Waals surface area contributed by atoms with E-state index in [4.69, 9.17) is 9.26 Å². The average molecular weight is 322 g/mol. The first-order chi connectivity index (χ1) is 10.9. The lowest BCUT2D eigenvalue weighted by molar-refractivity contribution is 0.183. The number of aromatic nitrogens is 4. The maximum atomic E-state index is 11.8. The molecule has 23 heavy (non-hydrogen) atoms. The molecule has 2 N–H and O–H groups in total. The molecular formula is C14H22N6O3. The van der Waals surface area contributed by atoms with Crippen molar-refractivity contribution in [3.63, 3.8) is 0 Å². The molecule has 0 spiro atoms.